The highest BCUT2D eigenvalue weighted by Crippen LogP contribution is 2.27. The molecule has 0 bridgehead atoms. The maximum absolute atomic E-state index is 11.9. The molecule has 0 radical (unpaired) electrons. The van der Waals surface area contributed by atoms with E-state index < -0.39 is 16.8 Å². The zero-order valence-electron chi connectivity index (χ0n) is 8.14. The number of carboxylic acids is 1. The van der Waals surface area contributed by atoms with Crippen molar-refractivity contribution in [1.82, 2.24) is 0 Å². The van der Waals surface area contributed by atoms with Crippen molar-refractivity contribution in [1.29, 1.82) is 0 Å². The summed E-state index contributed by atoms with van der Waals surface area (Å²) < 4.78 is 16.9. The van der Waals surface area contributed by atoms with Crippen LogP contribution in [0.25, 0.3) is 0 Å². The summed E-state index contributed by atoms with van der Waals surface area (Å²) in [5.74, 6) is -1.26. The van der Waals surface area contributed by atoms with Crippen LogP contribution in [0.1, 0.15) is 36.2 Å². The average molecular weight is 228 g/mol. The molecule has 1 aliphatic rings. The molecular formula is C10H12O4S. The maximum atomic E-state index is 11.9. The molecule has 0 aliphatic heterocycles. The van der Waals surface area contributed by atoms with Crippen LogP contribution in [0, 0.1) is 0 Å². The lowest BCUT2D eigenvalue weighted by Crippen LogP contribution is -2.09. The Morgan fingerprint density at radius 2 is 2.07 bits per heavy atom. The van der Waals surface area contributed by atoms with E-state index in [4.69, 9.17) is 9.52 Å². The van der Waals surface area contributed by atoms with Crippen molar-refractivity contribution in [2.45, 2.75) is 36.0 Å². The summed E-state index contributed by atoms with van der Waals surface area (Å²) in [5, 5.41) is 9.08. The molecule has 5 heteroatoms. The fraction of sp³-hybridized carbons (Fsp3) is 0.500. The fourth-order valence-corrected chi connectivity index (χ4v) is 3.27. The third-order valence-electron chi connectivity index (χ3n) is 2.60. The highest BCUT2D eigenvalue weighted by molar-refractivity contribution is 7.85. The predicted octanol–water partition coefficient (Wildman–Crippen LogP) is 2.03. The first-order valence-corrected chi connectivity index (χ1v) is 6.13. The molecule has 1 unspecified atom stereocenters. The molecule has 1 saturated carbocycles. The van der Waals surface area contributed by atoms with Gasteiger partial charge in [-0.25, -0.2) is 4.79 Å². The Hall–Kier alpha value is -1.10. The summed E-state index contributed by atoms with van der Waals surface area (Å²) >= 11 is 0. The molecule has 0 aromatic carbocycles. The van der Waals surface area contributed by atoms with Crippen molar-refractivity contribution >= 4 is 16.8 Å². The number of carbonyl (C=O) groups is 1. The van der Waals surface area contributed by atoms with Gasteiger partial charge in [0.15, 0.2) is 5.09 Å². The first-order valence-electron chi connectivity index (χ1n) is 4.92. The molecule has 2 rings (SSSR count). The Morgan fingerprint density at radius 1 is 1.40 bits per heavy atom. The highest BCUT2D eigenvalue weighted by Gasteiger charge is 2.25. The molecule has 1 aromatic heterocycles. The first kappa shape index (κ1) is 10.4. The van der Waals surface area contributed by atoms with Crippen molar-refractivity contribution in [2.75, 3.05) is 0 Å². The standard InChI is InChI=1S/C10H12O4S/c11-10(12)8-5-6-9(14-8)15(13)7-3-1-2-4-7/h5-7H,1-4H2,(H,11,12). The Labute approximate surface area is 89.7 Å². The van der Waals surface area contributed by atoms with Crippen molar-refractivity contribution in [3.05, 3.63) is 17.9 Å². The maximum Gasteiger partial charge on any atom is 0.371 e. The Bertz CT molecular complexity index is 390. The van der Waals surface area contributed by atoms with E-state index in [2.05, 4.69) is 0 Å². The van der Waals surface area contributed by atoms with Crippen molar-refractivity contribution in [2.24, 2.45) is 0 Å². The summed E-state index contributed by atoms with van der Waals surface area (Å²) in [7, 11) is -1.18. The van der Waals surface area contributed by atoms with E-state index in [9.17, 15) is 9.00 Å². The van der Waals surface area contributed by atoms with E-state index in [-0.39, 0.29) is 11.0 Å². The summed E-state index contributed by atoms with van der Waals surface area (Å²) in [5.41, 5.74) is 0. The van der Waals surface area contributed by atoms with Crippen LogP contribution in [0.2, 0.25) is 0 Å². The number of furan rings is 1. The number of rotatable bonds is 3. The number of hydrogen-bond acceptors (Lipinski definition) is 3. The van der Waals surface area contributed by atoms with Gasteiger partial charge in [0.1, 0.15) is 0 Å². The minimum Gasteiger partial charge on any atom is -0.475 e. The average Bonchev–Trinajstić information content (AvgIpc) is 2.88. The Balaban J connectivity index is 2.14. The zero-order valence-corrected chi connectivity index (χ0v) is 8.96. The van der Waals surface area contributed by atoms with Crippen LogP contribution in [-0.4, -0.2) is 20.5 Å². The lowest BCUT2D eigenvalue weighted by Gasteiger charge is -2.05. The quantitative estimate of drug-likeness (QED) is 0.859. The first-order chi connectivity index (χ1) is 7.18. The minimum absolute atomic E-state index is 0.137. The largest absolute Gasteiger partial charge is 0.475 e. The molecule has 4 nitrogen and oxygen atoms in total. The molecule has 1 atom stereocenters. The van der Waals surface area contributed by atoms with Crippen molar-refractivity contribution < 1.29 is 18.5 Å². The SMILES string of the molecule is O=C(O)c1ccc(S(=O)C2CCCC2)o1. The second-order valence-electron chi connectivity index (χ2n) is 3.63. The van der Waals surface area contributed by atoms with Crippen LogP contribution in [0.15, 0.2) is 21.6 Å². The van der Waals surface area contributed by atoms with Crippen molar-refractivity contribution in [3.8, 4) is 0 Å². The van der Waals surface area contributed by atoms with Crippen LogP contribution in [0.4, 0.5) is 0 Å². The second kappa shape index (κ2) is 4.18. The Kier molecular flexibility index (Phi) is 2.90. The van der Waals surface area contributed by atoms with E-state index in [0.717, 1.165) is 25.7 Å². The molecule has 0 amide bonds. The van der Waals surface area contributed by atoms with E-state index in [1.54, 1.807) is 0 Å². The third kappa shape index (κ3) is 2.12. The molecule has 1 aliphatic carbocycles. The van der Waals surface area contributed by atoms with Crippen LogP contribution in [0.3, 0.4) is 0 Å². The number of aromatic carboxylic acids is 1. The molecule has 1 aromatic rings. The summed E-state index contributed by atoms with van der Waals surface area (Å²) in [4.78, 5) is 10.6. The van der Waals surface area contributed by atoms with E-state index in [1.807, 2.05) is 0 Å². The lowest BCUT2D eigenvalue weighted by atomic mass is 10.4. The van der Waals surface area contributed by atoms with Gasteiger partial charge in [-0.15, -0.1) is 0 Å². The van der Waals surface area contributed by atoms with Gasteiger partial charge in [0.05, 0.1) is 10.8 Å². The highest BCUT2D eigenvalue weighted by atomic mass is 32.2. The van der Waals surface area contributed by atoms with Crippen molar-refractivity contribution in [3.63, 3.8) is 0 Å². The fourth-order valence-electron chi connectivity index (χ4n) is 1.81. The normalized spacial score (nSPS) is 19.2. The van der Waals surface area contributed by atoms with Crippen LogP contribution >= 0.6 is 0 Å². The lowest BCUT2D eigenvalue weighted by molar-refractivity contribution is 0.0656. The monoisotopic (exact) mass is 228 g/mol. The number of hydrogen-bond donors (Lipinski definition) is 1. The van der Waals surface area contributed by atoms with Gasteiger partial charge in [-0.3, -0.25) is 4.21 Å². The molecule has 1 N–H and O–H groups in total. The molecule has 1 fully saturated rings. The van der Waals surface area contributed by atoms with Crippen LogP contribution in [-0.2, 0) is 10.8 Å². The van der Waals surface area contributed by atoms with E-state index in [1.165, 1.54) is 12.1 Å². The molecule has 0 spiro atoms. The molecule has 0 saturated heterocycles. The van der Waals surface area contributed by atoms with Gasteiger partial charge >= 0.3 is 5.97 Å². The number of carboxylic acid groups (broad SMARTS) is 1. The van der Waals surface area contributed by atoms with E-state index in [0.29, 0.717) is 5.09 Å². The second-order valence-corrected chi connectivity index (χ2v) is 5.29. The van der Waals surface area contributed by atoms with Crippen LogP contribution < -0.4 is 0 Å². The topological polar surface area (TPSA) is 67.5 Å². The molecule has 1 heterocycles. The molecule has 15 heavy (non-hydrogen) atoms. The smallest absolute Gasteiger partial charge is 0.371 e. The van der Waals surface area contributed by atoms with Gasteiger partial charge in [-0.05, 0) is 25.0 Å². The van der Waals surface area contributed by atoms with Gasteiger partial charge in [-0.2, -0.15) is 0 Å². The van der Waals surface area contributed by atoms with Gasteiger partial charge in [0.2, 0.25) is 5.76 Å². The van der Waals surface area contributed by atoms with Gasteiger partial charge in [-0.1, -0.05) is 12.8 Å². The Morgan fingerprint density at radius 3 is 2.60 bits per heavy atom. The van der Waals surface area contributed by atoms with E-state index >= 15 is 0 Å². The van der Waals surface area contributed by atoms with Gasteiger partial charge < -0.3 is 9.52 Å². The third-order valence-corrected chi connectivity index (χ3v) is 4.29. The summed E-state index contributed by atoms with van der Waals surface area (Å²) in [6.45, 7) is 0. The van der Waals surface area contributed by atoms with Gasteiger partial charge in [0, 0.05) is 5.25 Å². The minimum atomic E-state index is -1.18. The predicted molar refractivity (Wildman–Crippen MR) is 54.3 cm³/mol. The summed E-state index contributed by atoms with van der Waals surface area (Å²) in [6.07, 6.45) is 4.08. The molecule has 82 valence electrons. The van der Waals surface area contributed by atoms with Crippen LogP contribution in [0.5, 0.6) is 0 Å². The zero-order chi connectivity index (χ0) is 10.8. The summed E-state index contributed by atoms with van der Waals surface area (Å²) in [6, 6.07) is 2.85. The molecular weight excluding hydrogens is 216 g/mol. The van der Waals surface area contributed by atoms with Gasteiger partial charge in [0.25, 0.3) is 0 Å².